The predicted octanol–water partition coefficient (Wildman–Crippen LogP) is -0.340. The van der Waals surface area contributed by atoms with E-state index in [0.717, 1.165) is 11.0 Å². The largest absolute Gasteiger partial charge is 0.398 e. The molecule has 1 fully saturated rings. The lowest BCUT2D eigenvalue weighted by atomic mass is 10.0. The number of hydrogen-bond acceptors (Lipinski definition) is 5. The highest BCUT2D eigenvalue weighted by molar-refractivity contribution is 6.06. The molecular weight excluding hydrogens is 281 g/mol. The number of fused-ring (bicyclic) bond motifs is 1. The van der Waals surface area contributed by atoms with Gasteiger partial charge in [0.15, 0.2) is 6.23 Å². The molecule has 4 N–H and O–H groups in total. The van der Waals surface area contributed by atoms with Gasteiger partial charge in [-0.1, -0.05) is 0 Å². The molecule has 3 rings (SSSR count). The number of nitrogens with two attached hydrogens (primary N) is 1. The van der Waals surface area contributed by atoms with Gasteiger partial charge < -0.3 is 10.8 Å². The molecule has 1 saturated heterocycles. The van der Waals surface area contributed by atoms with Crippen molar-refractivity contribution in [2.24, 2.45) is 0 Å². The first-order valence-corrected chi connectivity index (χ1v) is 6.34. The first-order chi connectivity index (χ1) is 9.91. The van der Waals surface area contributed by atoms with Crippen LogP contribution in [0.4, 0.5) is 10.1 Å². The first-order valence-electron chi connectivity index (χ1n) is 6.34. The maximum Gasteiger partial charge on any atom is 0.260 e. The molecule has 21 heavy (non-hydrogen) atoms. The maximum absolute atomic E-state index is 13.8. The van der Waals surface area contributed by atoms with Crippen LogP contribution in [0.25, 0.3) is 0 Å². The Kier molecular flexibility index (Phi) is 2.91. The van der Waals surface area contributed by atoms with Gasteiger partial charge in [-0.25, -0.2) is 4.39 Å². The van der Waals surface area contributed by atoms with Gasteiger partial charge in [-0.3, -0.25) is 24.6 Å². The molecule has 8 heteroatoms. The van der Waals surface area contributed by atoms with Gasteiger partial charge in [-0.2, -0.15) is 0 Å². The van der Waals surface area contributed by atoms with E-state index >= 15 is 0 Å². The van der Waals surface area contributed by atoms with Crippen LogP contribution in [0.2, 0.25) is 0 Å². The minimum absolute atomic E-state index is 0.0373. The quantitative estimate of drug-likeness (QED) is 0.484. The van der Waals surface area contributed by atoms with Gasteiger partial charge in [0.05, 0.1) is 5.56 Å². The average molecular weight is 293 g/mol. The summed E-state index contributed by atoms with van der Waals surface area (Å²) >= 11 is 0. The minimum atomic E-state index is -1.51. The van der Waals surface area contributed by atoms with Crippen LogP contribution in [0.15, 0.2) is 12.1 Å². The van der Waals surface area contributed by atoms with Gasteiger partial charge in [0.1, 0.15) is 11.9 Å². The third kappa shape index (κ3) is 1.87. The second-order valence-electron chi connectivity index (χ2n) is 4.98. The van der Waals surface area contributed by atoms with Crippen molar-refractivity contribution < 1.29 is 23.9 Å². The second-order valence-corrected chi connectivity index (χ2v) is 4.98. The Bertz CT molecular complexity index is 676. The number of aliphatic hydroxyl groups excluding tert-OH is 1. The van der Waals surface area contributed by atoms with Gasteiger partial charge in [-0.05, 0) is 18.6 Å². The summed E-state index contributed by atoms with van der Waals surface area (Å²) in [5.74, 6) is -2.75. The number of carbonyl (C=O) groups is 3. The fourth-order valence-electron chi connectivity index (χ4n) is 2.74. The first kappa shape index (κ1) is 13.5. The average Bonchev–Trinajstić information content (AvgIpc) is 2.68. The molecule has 0 bridgehead atoms. The fraction of sp³-hybridized carbons (Fsp3) is 0.308. The van der Waals surface area contributed by atoms with Crippen LogP contribution in [-0.4, -0.2) is 33.8 Å². The molecule has 1 aromatic carbocycles. The Hall–Kier alpha value is -2.48. The maximum atomic E-state index is 13.8. The van der Waals surface area contributed by atoms with Crippen LogP contribution in [0.1, 0.15) is 35.0 Å². The molecule has 2 unspecified atom stereocenters. The van der Waals surface area contributed by atoms with Crippen molar-refractivity contribution in [1.82, 2.24) is 10.2 Å². The fourth-order valence-corrected chi connectivity index (χ4v) is 2.74. The number of halogens is 1. The number of amides is 3. The van der Waals surface area contributed by atoms with Crippen LogP contribution in [0.5, 0.6) is 0 Å². The molecular formula is C13H12FN3O4. The third-order valence-corrected chi connectivity index (χ3v) is 3.74. The second kappa shape index (κ2) is 4.52. The number of benzene rings is 1. The van der Waals surface area contributed by atoms with Crippen LogP contribution in [-0.2, 0) is 9.59 Å². The Morgan fingerprint density at radius 3 is 2.67 bits per heavy atom. The molecule has 1 aromatic rings. The predicted molar refractivity (Wildman–Crippen MR) is 68.1 cm³/mol. The van der Waals surface area contributed by atoms with E-state index in [1.165, 1.54) is 6.07 Å². The van der Waals surface area contributed by atoms with Crippen LogP contribution < -0.4 is 11.1 Å². The third-order valence-electron chi connectivity index (χ3n) is 3.74. The highest BCUT2D eigenvalue weighted by Gasteiger charge is 2.46. The van der Waals surface area contributed by atoms with E-state index in [0.29, 0.717) is 0 Å². The van der Waals surface area contributed by atoms with Crippen molar-refractivity contribution in [2.45, 2.75) is 25.1 Å². The SMILES string of the molecule is Nc1ccc(F)c2c1C(O)N(C1CCC(=O)NC1=O)C2=O. The summed E-state index contributed by atoms with van der Waals surface area (Å²) in [7, 11) is 0. The number of piperidine rings is 1. The lowest BCUT2D eigenvalue weighted by Crippen LogP contribution is -2.53. The molecule has 7 nitrogen and oxygen atoms in total. The molecule has 2 aliphatic heterocycles. The lowest BCUT2D eigenvalue weighted by Gasteiger charge is -2.32. The van der Waals surface area contributed by atoms with Gasteiger partial charge in [0.25, 0.3) is 5.91 Å². The molecule has 0 aliphatic carbocycles. The van der Waals surface area contributed by atoms with Crippen LogP contribution >= 0.6 is 0 Å². The van der Waals surface area contributed by atoms with Gasteiger partial charge >= 0.3 is 0 Å². The monoisotopic (exact) mass is 293 g/mol. The van der Waals surface area contributed by atoms with Crippen molar-refractivity contribution in [1.29, 1.82) is 0 Å². The number of nitrogens with zero attached hydrogens (tertiary/aromatic N) is 1. The summed E-state index contributed by atoms with van der Waals surface area (Å²) in [5, 5.41) is 12.3. The number of carbonyl (C=O) groups excluding carboxylic acids is 3. The Morgan fingerprint density at radius 2 is 2.05 bits per heavy atom. The molecule has 2 aliphatic rings. The highest BCUT2D eigenvalue weighted by atomic mass is 19.1. The summed E-state index contributed by atoms with van der Waals surface area (Å²) in [6, 6.07) is 1.25. The van der Waals surface area contributed by atoms with Gasteiger partial charge in [0.2, 0.25) is 11.8 Å². The molecule has 0 saturated carbocycles. The number of nitrogens with one attached hydrogen (secondary N) is 1. The van der Waals surface area contributed by atoms with Gasteiger partial charge in [0, 0.05) is 17.7 Å². The topological polar surface area (TPSA) is 113 Å². The molecule has 0 radical (unpaired) electrons. The summed E-state index contributed by atoms with van der Waals surface area (Å²) in [6.07, 6.45) is -1.39. The van der Waals surface area contributed by atoms with Crippen molar-refractivity contribution in [3.05, 3.63) is 29.1 Å². The van der Waals surface area contributed by atoms with E-state index in [4.69, 9.17) is 5.73 Å². The zero-order chi connectivity index (χ0) is 15.3. The molecule has 2 heterocycles. The summed E-state index contributed by atoms with van der Waals surface area (Å²) in [4.78, 5) is 36.2. The van der Waals surface area contributed by atoms with E-state index in [1.807, 2.05) is 0 Å². The van der Waals surface area contributed by atoms with Crippen molar-refractivity contribution in [2.75, 3.05) is 5.73 Å². The van der Waals surface area contributed by atoms with Crippen molar-refractivity contribution in [3.8, 4) is 0 Å². The number of aliphatic hydroxyl groups is 1. The van der Waals surface area contributed by atoms with Crippen molar-refractivity contribution >= 4 is 23.4 Å². The standard InChI is InChI=1S/C13H12FN3O4/c14-5-1-2-6(15)10-9(5)12(20)17(13(10)21)7-3-4-8(18)16-11(7)19/h1-2,7,13,21H,3-4,15H2,(H,16,18,19). The van der Waals surface area contributed by atoms with Crippen LogP contribution in [0, 0.1) is 5.82 Å². The van der Waals surface area contributed by atoms with E-state index in [9.17, 15) is 23.9 Å². The molecule has 0 aromatic heterocycles. The lowest BCUT2D eigenvalue weighted by molar-refractivity contribution is -0.139. The summed E-state index contributed by atoms with van der Waals surface area (Å²) < 4.78 is 13.8. The zero-order valence-electron chi connectivity index (χ0n) is 10.8. The molecule has 0 spiro atoms. The minimum Gasteiger partial charge on any atom is -0.398 e. The number of hydrogen-bond donors (Lipinski definition) is 3. The van der Waals surface area contributed by atoms with Crippen molar-refractivity contribution in [3.63, 3.8) is 0 Å². The molecule has 2 atom stereocenters. The Morgan fingerprint density at radius 1 is 1.33 bits per heavy atom. The van der Waals surface area contributed by atoms with E-state index in [-0.39, 0.29) is 29.7 Å². The van der Waals surface area contributed by atoms with E-state index < -0.39 is 35.8 Å². The normalized spacial score (nSPS) is 25.0. The smallest absolute Gasteiger partial charge is 0.260 e. The van der Waals surface area contributed by atoms with E-state index in [1.54, 1.807) is 0 Å². The molecule has 3 amide bonds. The number of nitrogen functional groups attached to an aromatic ring is 1. The number of rotatable bonds is 1. The van der Waals surface area contributed by atoms with Crippen LogP contribution in [0.3, 0.4) is 0 Å². The van der Waals surface area contributed by atoms with E-state index in [2.05, 4.69) is 5.32 Å². The Balaban J connectivity index is 2.02. The molecule has 110 valence electrons. The zero-order valence-corrected chi connectivity index (χ0v) is 10.8. The number of anilines is 1. The highest BCUT2D eigenvalue weighted by Crippen LogP contribution is 2.39. The summed E-state index contributed by atoms with van der Waals surface area (Å²) in [5.41, 5.74) is 5.39. The Labute approximate surface area is 118 Å². The number of imide groups is 1. The van der Waals surface area contributed by atoms with Gasteiger partial charge in [-0.15, -0.1) is 0 Å². The summed E-state index contributed by atoms with van der Waals surface area (Å²) in [6.45, 7) is 0.